The Labute approximate surface area is 99.1 Å². The Hall–Kier alpha value is -1.43. The Morgan fingerprint density at radius 3 is 2.56 bits per heavy atom. The van der Waals surface area contributed by atoms with Crippen LogP contribution in [0.1, 0.15) is 20.8 Å². The van der Waals surface area contributed by atoms with Crippen LogP contribution < -0.4 is 10.2 Å². The second-order valence-electron chi connectivity index (χ2n) is 3.02. The fourth-order valence-corrected chi connectivity index (χ4v) is 1.36. The molecule has 0 aliphatic rings. The average molecular weight is 244 g/mol. The normalized spacial score (nSPS) is 10.0. The molecular formula is C9H14ClN5O. The van der Waals surface area contributed by atoms with Crippen molar-refractivity contribution in [1.29, 1.82) is 0 Å². The molecule has 0 fully saturated rings. The van der Waals surface area contributed by atoms with Crippen molar-refractivity contribution in [2.45, 2.75) is 20.8 Å². The monoisotopic (exact) mass is 243 g/mol. The quantitative estimate of drug-likeness (QED) is 0.864. The van der Waals surface area contributed by atoms with E-state index < -0.39 is 0 Å². The number of nitrogens with one attached hydrogen (secondary N) is 1. The first kappa shape index (κ1) is 12.6. The number of rotatable bonds is 4. The van der Waals surface area contributed by atoms with Gasteiger partial charge in [-0.3, -0.25) is 9.69 Å². The van der Waals surface area contributed by atoms with E-state index in [1.54, 1.807) is 0 Å². The molecule has 0 spiro atoms. The number of hydrogen-bond donors (Lipinski definition) is 1. The molecular weight excluding hydrogens is 230 g/mol. The van der Waals surface area contributed by atoms with E-state index in [1.807, 2.05) is 13.8 Å². The lowest BCUT2D eigenvalue weighted by Gasteiger charge is -2.16. The zero-order chi connectivity index (χ0) is 12.1. The molecule has 1 aromatic rings. The maximum absolute atomic E-state index is 11.3. The molecule has 1 heterocycles. The van der Waals surface area contributed by atoms with E-state index in [0.29, 0.717) is 19.0 Å². The predicted molar refractivity (Wildman–Crippen MR) is 62.7 cm³/mol. The zero-order valence-corrected chi connectivity index (χ0v) is 10.2. The lowest BCUT2D eigenvalue weighted by atomic mass is 10.5. The van der Waals surface area contributed by atoms with Crippen LogP contribution in [0.5, 0.6) is 0 Å². The molecule has 0 saturated carbocycles. The number of halogens is 1. The van der Waals surface area contributed by atoms with E-state index in [2.05, 4.69) is 20.3 Å². The third-order valence-corrected chi connectivity index (χ3v) is 2.04. The van der Waals surface area contributed by atoms with Crippen molar-refractivity contribution >= 4 is 29.4 Å². The SMILES string of the molecule is CCNc1nc(Cl)nc(N(CC)C(C)=O)n1. The highest BCUT2D eigenvalue weighted by molar-refractivity contribution is 6.28. The van der Waals surface area contributed by atoms with Gasteiger partial charge < -0.3 is 5.32 Å². The van der Waals surface area contributed by atoms with Gasteiger partial charge >= 0.3 is 0 Å². The topological polar surface area (TPSA) is 71.0 Å². The number of anilines is 2. The molecule has 1 amide bonds. The van der Waals surface area contributed by atoms with E-state index in [1.165, 1.54) is 11.8 Å². The number of nitrogens with zero attached hydrogens (tertiary/aromatic N) is 4. The molecule has 0 bridgehead atoms. The van der Waals surface area contributed by atoms with Gasteiger partial charge in [0.05, 0.1) is 0 Å². The summed E-state index contributed by atoms with van der Waals surface area (Å²) in [6.07, 6.45) is 0. The van der Waals surface area contributed by atoms with Gasteiger partial charge in [-0.05, 0) is 25.4 Å². The molecule has 0 unspecified atom stereocenters. The third-order valence-electron chi connectivity index (χ3n) is 1.87. The largest absolute Gasteiger partial charge is 0.354 e. The van der Waals surface area contributed by atoms with Crippen LogP contribution in [0.4, 0.5) is 11.9 Å². The summed E-state index contributed by atoms with van der Waals surface area (Å²) in [6, 6.07) is 0. The maximum atomic E-state index is 11.3. The first-order chi connectivity index (χ1) is 7.58. The molecule has 88 valence electrons. The molecule has 0 aliphatic heterocycles. The van der Waals surface area contributed by atoms with Crippen molar-refractivity contribution in [3.8, 4) is 0 Å². The fraction of sp³-hybridized carbons (Fsp3) is 0.556. The molecule has 7 heteroatoms. The molecule has 1 aromatic heterocycles. The van der Waals surface area contributed by atoms with Crippen molar-refractivity contribution in [2.75, 3.05) is 23.3 Å². The minimum absolute atomic E-state index is 0.0700. The molecule has 6 nitrogen and oxygen atoms in total. The Morgan fingerprint density at radius 2 is 2.06 bits per heavy atom. The lowest BCUT2D eigenvalue weighted by Crippen LogP contribution is -2.30. The maximum Gasteiger partial charge on any atom is 0.238 e. The van der Waals surface area contributed by atoms with Crippen LogP contribution in [0.3, 0.4) is 0 Å². The second-order valence-corrected chi connectivity index (χ2v) is 3.36. The minimum Gasteiger partial charge on any atom is -0.354 e. The molecule has 0 atom stereocenters. The number of aromatic nitrogens is 3. The van der Waals surface area contributed by atoms with Gasteiger partial charge in [0.25, 0.3) is 0 Å². The Balaban J connectivity index is 3.07. The van der Waals surface area contributed by atoms with Crippen molar-refractivity contribution in [1.82, 2.24) is 15.0 Å². The van der Waals surface area contributed by atoms with Crippen LogP contribution in [-0.2, 0) is 4.79 Å². The number of hydrogen-bond acceptors (Lipinski definition) is 5. The Morgan fingerprint density at radius 1 is 1.38 bits per heavy atom. The van der Waals surface area contributed by atoms with E-state index in [0.717, 1.165) is 0 Å². The highest BCUT2D eigenvalue weighted by atomic mass is 35.5. The molecule has 16 heavy (non-hydrogen) atoms. The summed E-state index contributed by atoms with van der Waals surface area (Å²) in [7, 11) is 0. The van der Waals surface area contributed by atoms with Gasteiger partial charge in [0.1, 0.15) is 0 Å². The van der Waals surface area contributed by atoms with Gasteiger partial charge in [0, 0.05) is 20.0 Å². The minimum atomic E-state index is -0.132. The van der Waals surface area contributed by atoms with Gasteiger partial charge in [-0.25, -0.2) is 0 Å². The molecule has 0 aliphatic carbocycles. The Kier molecular flexibility index (Phi) is 4.42. The first-order valence-corrected chi connectivity index (χ1v) is 5.39. The summed E-state index contributed by atoms with van der Waals surface area (Å²) in [5.41, 5.74) is 0. The van der Waals surface area contributed by atoms with E-state index >= 15 is 0 Å². The van der Waals surface area contributed by atoms with Gasteiger partial charge in [-0.2, -0.15) is 15.0 Å². The summed E-state index contributed by atoms with van der Waals surface area (Å²) in [5, 5.41) is 2.99. The van der Waals surface area contributed by atoms with Gasteiger partial charge in [0.2, 0.25) is 23.1 Å². The summed E-state index contributed by atoms with van der Waals surface area (Å²) in [4.78, 5) is 24.7. The predicted octanol–water partition coefficient (Wildman–Crippen LogP) is 1.33. The van der Waals surface area contributed by atoms with Crippen LogP contribution in [0.15, 0.2) is 0 Å². The number of amides is 1. The van der Waals surface area contributed by atoms with Gasteiger partial charge in [-0.1, -0.05) is 0 Å². The average Bonchev–Trinajstić information content (AvgIpc) is 2.17. The smallest absolute Gasteiger partial charge is 0.238 e. The lowest BCUT2D eigenvalue weighted by molar-refractivity contribution is -0.116. The van der Waals surface area contributed by atoms with E-state index in [-0.39, 0.29) is 17.1 Å². The third kappa shape index (κ3) is 3.03. The van der Waals surface area contributed by atoms with Crippen molar-refractivity contribution < 1.29 is 4.79 Å². The van der Waals surface area contributed by atoms with E-state index in [9.17, 15) is 4.79 Å². The van der Waals surface area contributed by atoms with Crippen molar-refractivity contribution in [3.63, 3.8) is 0 Å². The van der Waals surface area contributed by atoms with Crippen molar-refractivity contribution in [3.05, 3.63) is 5.28 Å². The van der Waals surface area contributed by atoms with Crippen LogP contribution in [0, 0.1) is 0 Å². The van der Waals surface area contributed by atoms with Gasteiger partial charge in [-0.15, -0.1) is 0 Å². The van der Waals surface area contributed by atoms with Crippen LogP contribution in [-0.4, -0.2) is 33.9 Å². The summed E-state index contributed by atoms with van der Waals surface area (Å²) >= 11 is 5.75. The highest BCUT2D eigenvalue weighted by Crippen LogP contribution is 2.13. The Bertz CT molecular complexity index is 384. The standard InChI is InChI=1S/C9H14ClN5O/c1-4-11-8-12-7(10)13-9(14-8)15(5-2)6(3)16/h4-5H2,1-3H3,(H,11,12,13,14). The van der Waals surface area contributed by atoms with Gasteiger partial charge in [0.15, 0.2) is 0 Å². The zero-order valence-electron chi connectivity index (χ0n) is 9.49. The van der Waals surface area contributed by atoms with E-state index in [4.69, 9.17) is 11.6 Å². The molecule has 0 radical (unpaired) electrons. The second kappa shape index (κ2) is 5.60. The van der Waals surface area contributed by atoms with Crippen molar-refractivity contribution in [2.24, 2.45) is 0 Å². The number of carbonyl (C=O) groups excluding carboxylic acids is 1. The summed E-state index contributed by atoms with van der Waals surface area (Å²) in [6.45, 7) is 6.37. The van der Waals surface area contributed by atoms with Crippen LogP contribution in [0.25, 0.3) is 0 Å². The van der Waals surface area contributed by atoms with Crippen LogP contribution >= 0.6 is 11.6 Å². The summed E-state index contributed by atoms with van der Waals surface area (Å²) < 4.78 is 0. The summed E-state index contributed by atoms with van der Waals surface area (Å²) in [5.74, 6) is 0.510. The number of carbonyl (C=O) groups is 1. The highest BCUT2D eigenvalue weighted by Gasteiger charge is 2.14. The molecule has 1 N–H and O–H groups in total. The molecule has 0 saturated heterocycles. The molecule has 0 aromatic carbocycles. The van der Waals surface area contributed by atoms with Crippen LogP contribution in [0.2, 0.25) is 5.28 Å². The molecule has 1 rings (SSSR count). The first-order valence-electron chi connectivity index (χ1n) is 5.02. The fourth-order valence-electron chi connectivity index (χ4n) is 1.20.